The molecule has 10 nitrogen and oxygen atoms in total. The molecule has 3 fully saturated rings. The van der Waals surface area contributed by atoms with Crippen LogP contribution in [-0.2, 0) is 24.8 Å². The quantitative estimate of drug-likeness (QED) is 0.181. The Morgan fingerprint density at radius 3 is 2.18 bits per heavy atom. The van der Waals surface area contributed by atoms with Crippen LogP contribution in [0.15, 0.2) is 37.8 Å². The van der Waals surface area contributed by atoms with Gasteiger partial charge in [-0.05, 0) is 97.0 Å². The molecule has 2 saturated heterocycles. The van der Waals surface area contributed by atoms with Crippen LogP contribution in [-0.4, -0.2) is 64.5 Å². The number of carbonyl (C=O) groups excluding carboxylic acids is 1. The lowest BCUT2D eigenvalue weighted by atomic mass is 9.87. The molecule has 2 aromatic rings. The fourth-order valence-corrected chi connectivity index (χ4v) is 12.4. The Bertz CT molecular complexity index is 1560. The van der Waals surface area contributed by atoms with Gasteiger partial charge in [-0.1, -0.05) is 42.5 Å². The van der Waals surface area contributed by atoms with Crippen molar-refractivity contribution < 1.29 is 26.8 Å². The molecule has 0 bridgehead atoms. The third-order valence-corrected chi connectivity index (χ3v) is 16.1. The average molecular weight is 787 g/mol. The minimum Gasteiger partial charge on any atom is -0.370 e. The summed E-state index contributed by atoms with van der Waals surface area (Å²) in [6.45, 7) is 2.79. The average Bonchev–Trinajstić information content (AvgIpc) is 3.63. The van der Waals surface area contributed by atoms with Crippen LogP contribution in [0.5, 0.6) is 0 Å². The highest BCUT2D eigenvalue weighted by Gasteiger charge is 2.34. The van der Waals surface area contributed by atoms with E-state index < -0.39 is 31.9 Å². The smallest absolute Gasteiger partial charge is 0.252 e. The molecule has 3 heterocycles. The topological polar surface area (TPSA) is 136 Å². The number of benzene rings is 1. The summed E-state index contributed by atoms with van der Waals surface area (Å²) in [4.78, 5) is 14.0. The summed E-state index contributed by atoms with van der Waals surface area (Å²) in [6, 6.07) is 6.05. The Morgan fingerprint density at radius 2 is 1.60 bits per heavy atom. The van der Waals surface area contributed by atoms with Crippen molar-refractivity contribution in [3.8, 4) is 0 Å². The number of halogens is 3. The molecule has 1 aromatic heterocycles. The van der Waals surface area contributed by atoms with E-state index in [1.54, 1.807) is 28.0 Å². The van der Waals surface area contributed by atoms with Crippen LogP contribution in [0, 0.1) is 17.8 Å². The SMILES string of the molecule is O=C(NO)C1CCC(NS(=O)(=O)c2ccc(N3CCC(CCCC4CCN(S(=O)(=O)c5cc(Br)c(Cl)s5)CC4)CC3)c(Cl)c2)C1. The van der Waals surface area contributed by atoms with Crippen molar-refractivity contribution in [2.75, 3.05) is 31.1 Å². The third kappa shape index (κ3) is 8.55. The minimum absolute atomic E-state index is 0.0913. The standard InChI is InChI=1S/C29H39BrCl2N4O6S3/c30-24-18-27(43-28(24)32)45(41,42)36-14-10-20(11-15-36)3-1-2-19-8-12-35(13-9-19)26-7-6-23(17-25(26)31)44(39,40)34-22-5-4-21(16-22)29(37)33-38/h6-7,17-22,34,38H,1-5,8-16H2,(H,33,37). The molecule has 2 atom stereocenters. The van der Waals surface area contributed by atoms with E-state index in [0.29, 0.717) is 58.0 Å². The summed E-state index contributed by atoms with van der Waals surface area (Å²) in [6.07, 6.45) is 8.57. The zero-order valence-corrected chi connectivity index (χ0v) is 30.3. The van der Waals surface area contributed by atoms with Crippen molar-refractivity contribution in [1.82, 2.24) is 14.5 Å². The lowest BCUT2D eigenvalue weighted by molar-refractivity contribution is -0.133. The summed E-state index contributed by atoms with van der Waals surface area (Å²) < 4.78 is 57.6. The Labute approximate surface area is 288 Å². The maximum atomic E-state index is 13.0. The summed E-state index contributed by atoms with van der Waals surface area (Å²) >= 11 is 17.0. The van der Waals surface area contributed by atoms with Crippen molar-refractivity contribution >= 4 is 82.1 Å². The molecule has 0 radical (unpaired) electrons. The Morgan fingerprint density at radius 1 is 0.956 bits per heavy atom. The van der Waals surface area contributed by atoms with Crippen molar-refractivity contribution in [2.24, 2.45) is 17.8 Å². The number of piperidine rings is 2. The number of sulfonamides is 2. The van der Waals surface area contributed by atoms with E-state index >= 15 is 0 Å². The largest absolute Gasteiger partial charge is 0.370 e. The summed E-state index contributed by atoms with van der Waals surface area (Å²) in [5.41, 5.74) is 2.47. The van der Waals surface area contributed by atoms with Crippen LogP contribution in [0.4, 0.5) is 5.69 Å². The van der Waals surface area contributed by atoms with Gasteiger partial charge in [0.2, 0.25) is 15.9 Å². The van der Waals surface area contributed by atoms with Gasteiger partial charge in [0, 0.05) is 42.6 Å². The molecule has 2 unspecified atom stereocenters. The van der Waals surface area contributed by atoms with Crippen LogP contribution in [0.3, 0.4) is 0 Å². The van der Waals surface area contributed by atoms with Crippen molar-refractivity contribution in [3.05, 3.63) is 38.1 Å². The van der Waals surface area contributed by atoms with E-state index in [2.05, 4.69) is 25.6 Å². The van der Waals surface area contributed by atoms with Gasteiger partial charge in [-0.3, -0.25) is 10.0 Å². The molecular weight excluding hydrogens is 747 g/mol. The summed E-state index contributed by atoms with van der Waals surface area (Å²) in [7, 11) is -7.31. The molecule has 16 heteroatoms. The lowest BCUT2D eigenvalue weighted by Crippen LogP contribution is -2.38. The molecule has 0 spiro atoms. The van der Waals surface area contributed by atoms with Gasteiger partial charge in [-0.2, -0.15) is 4.31 Å². The van der Waals surface area contributed by atoms with Gasteiger partial charge in [0.05, 0.1) is 15.6 Å². The first-order valence-corrected chi connectivity index (χ1v) is 20.6. The van der Waals surface area contributed by atoms with Crippen LogP contribution in [0.2, 0.25) is 9.36 Å². The highest BCUT2D eigenvalue weighted by molar-refractivity contribution is 9.10. The molecule has 1 amide bonds. The maximum absolute atomic E-state index is 13.0. The molecule has 1 aliphatic carbocycles. The first-order chi connectivity index (χ1) is 21.4. The van der Waals surface area contributed by atoms with Crippen LogP contribution >= 0.6 is 50.5 Å². The lowest BCUT2D eigenvalue weighted by Gasteiger charge is -2.35. The number of hydrogen-bond donors (Lipinski definition) is 3. The highest BCUT2D eigenvalue weighted by atomic mass is 79.9. The number of carbonyl (C=O) groups is 1. The predicted molar refractivity (Wildman–Crippen MR) is 180 cm³/mol. The fourth-order valence-electron chi connectivity index (χ4n) is 6.79. The van der Waals surface area contributed by atoms with Crippen LogP contribution in [0.1, 0.15) is 64.2 Å². The van der Waals surface area contributed by atoms with Gasteiger partial charge in [0.1, 0.15) is 8.55 Å². The first kappa shape index (κ1) is 35.3. The number of amides is 1. The molecule has 3 N–H and O–H groups in total. The summed E-state index contributed by atoms with van der Waals surface area (Å²) in [5.74, 6) is 0.249. The van der Waals surface area contributed by atoms with Crippen molar-refractivity contribution in [3.63, 3.8) is 0 Å². The second-order valence-electron chi connectivity index (χ2n) is 12.3. The zero-order valence-electron chi connectivity index (χ0n) is 24.8. The Kier molecular flexibility index (Phi) is 11.8. The van der Waals surface area contributed by atoms with E-state index in [0.717, 1.165) is 75.1 Å². The van der Waals surface area contributed by atoms with Gasteiger partial charge >= 0.3 is 0 Å². The van der Waals surface area contributed by atoms with E-state index in [-0.39, 0.29) is 15.1 Å². The number of anilines is 1. The first-order valence-electron chi connectivity index (χ1n) is 15.3. The second-order valence-corrected chi connectivity index (χ2v) is 19.1. The van der Waals surface area contributed by atoms with Crippen molar-refractivity contribution in [2.45, 2.75) is 79.4 Å². The van der Waals surface area contributed by atoms with E-state index in [1.807, 2.05) is 0 Å². The number of thiophene rings is 1. The van der Waals surface area contributed by atoms with Gasteiger partial charge in [-0.15, -0.1) is 11.3 Å². The Balaban J connectivity index is 1.04. The number of nitrogens with zero attached hydrogens (tertiary/aromatic N) is 2. The number of rotatable bonds is 11. The van der Waals surface area contributed by atoms with E-state index in [1.165, 1.54) is 6.07 Å². The molecule has 250 valence electrons. The van der Waals surface area contributed by atoms with Gasteiger partial charge in [0.25, 0.3) is 10.0 Å². The molecule has 5 rings (SSSR count). The molecule has 45 heavy (non-hydrogen) atoms. The van der Waals surface area contributed by atoms with E-state index in [9.17, 15) is 21.6 Å². The number of hydroxylamine groups is 1. The predicted octanol–water partition coefficient (Wildman–Crippen LogP) is 6.26. The monoisotopic (exact) mass is 784 g/mol. The van der Waals surface area contributed by atoms with Gasteiger partial charge in [-0.25, -0.2) is 27.0 Å². The van der Waals surface area contributed by atoms with Crippen molar-refractivity contribution in [1.29, 1.82) is 0 Å². The van der Waals surface area contributed by atoms with Crippen LogP contribution in [0.25, 0.3) is 0 Å². The zero-order chi connectivity index (χ0) is 32.4. The molecule has 1 saturated carbocycles. The number of nitrogens with one attached hydrogen (secondary N) is 2. The van der Waals surface area contributed by atoms with E-state index in [4.69, 9.17) is 28.4 Å². The Hall–Kier alpha value is -0.970. The summed E-state index contributed by atoms with van der Waals surface area (Å²) in [5, 5.41) is 9.24. The second kappa shape index (κ2) is 15.1. The molecule has 1 aromatic carbocycles. The minimum atomic E-state index is -3.81. The van der Waals surface area contributed by atoms with Crippen LogP contribution < -0.4 is 15.1 Å². The highest BCUT2D eigenvalue weighted by Crippen LogP contribution is 2.38. The van der Waals surface area contributed by atoms with Gasteiger partial charge < -0.3 is 4.90 Å². The fraction of sp³-hybridized carbons (Fsp3) is 0.621. The third-order valence-electron chi connectivity index (χ3n) is 9.44. The van der Waals surface area contributed by atoms with Gasteiger partial charge in [0.15, 0.2) is 0 Å². The molecule has 2 aliphatic heterocycles. The molecule has 3 aliphatic rings. The normalized spacial score (nSPS) is 22.6. The maximum Gasteiger partial charge on any atom is 0.252 e. The number of hydrogen-bond acceptors (Lipinski definition) is 8. The molecular formula is C29H39BrCl2N4O6S3.